The number of hydrogen-bond acceptors (Lipinski definition) is 5. The molecule has 1 fully saturated rings. The fraction of sp³-hybridized carbons (Fsp3) is 0.667. The highest BCUT2D eigenvalue weighted by Crippen LogP contribution is 2.15. The molecule has 0 radical (unpaired) electrons. The molecule has 2 N–H and O–H groups in total. The zero-order chi connectivity index (χ0) is 14.7. The molecule has 1 aromatic rings. The molecule has 0 unspecified atom stereocenters. The summed E-state index contributed by atoms with van der Waals surface area (Å²) >= 11 is 1.50. The van der Waals surface area contributed by atoms with Crippen molar-refractivity contribution in [3.8, 4) is 0 Å². The smallest absolute Gasteiger partial charge is 0.407 e. The van der Waals surface area contributed by atoms with Crippen molar-refractivity contribution in [1.82, 2.24) is 14.4 Å². The zero-order valence-electron chi connectivity index (χ0n) is 11.7. The van der Waals surface area contributed by atoms with Crippen LogP contribution in [0.3, 0.4) is 0 Å². The largest absolute Gasteiger partial charge is 0.465 e. The molecule has 2 heterocycles. The number of rotatable bonds is 3. The lowest BCUT2D eigenvalue weighted by Gasteiger charge is -2.33. The molecule has 1 aromatic heterocycles. The Morgan fingerprint density at radius 3 is 2.50 bits per heavy atom. The number of aromatic nitrogens is 1. The van der Waals surface area contributed by atoms with Crippen LogP contribution >= 0.6 is 11.3 Å². The monoisotopic (exact) mass is 300 g/mol. The van der Waals surface area contributed by atoms with Crippen LogP contribution in [0.2, 0.25) is 0 Å². The van der Waals surface area contributed by atoms with Crippen LogP contribution in [0.15, 0.2) is 4.99 Å². The van der Waals surface area contributed by atoms with Crippen LogP contribution in [0.25, 0.3) is 0 Å². The maximum atomic E-state index is 10.9. The summed E-state index contributed by atoms with van der Waals surface area (Å²) in [5.74, 6) is 0. The molecule has 0 bridgehead atoms. The number of aliphatic hydroxyl groups excluding tert-OH is 1. The van der Waals surface area contributed by atoms with Gasteiger partial charge in [0.1, 0.15) is 0 Å². The van der Waals surface area contributed by atoms with E-state index in [0.717, 1.165) is 15.4 Å². The van der Waals surface area contributed by atoms with E-state index in [1.165, 1.54) is 16.2 Å². The van der Waals surface area contributed by atoms with Gasteiger partial charge in [0.05, 0.1) is 11.5 Å². The van der Waals surface area contributed by atoms with Crippen LogP contribution in [0, 0.1) is 0 Å². The van der Waals surface area contributed by atoms with Crippen LogP contribution in [0.5, 0.6) is 0 Å². The first-order valence-corrected chi connectivity index (χ1v) is 7.30. The summed E-state index contributed by atoms with van der Waals surface area (Å²) < 4.78 is 2.00. The lowest BCUT2D eigenvalue weighted by molar-refractivity contribution is 0.102. The Kier molecular flexibility index (Phi) is 4.79. The summed E-state index contributed by atoms with van der Waals surface area (Å²) in [5, 5.41) is 18.4. The van der Waals surface area contributed by atoms with Gasteiger partial charge in [0, 0.05) is 52.5 Å². The number of piperazine rings is 1. The third-order valence-electron chi connectivity index (χ3n) is 3.58. The average Bonchev–Trinajstić information content (AvgIpc) is 2.76. The normalized spacial score (nSPS) is 17.8. The van der Waals surface area contributed by atoms with E-state index in [1.54, 1.807) is 7.05 Å². The van der Waals surface area contributed by atoms with Gasteiger partial charge in [0.2, 0.25) is 0 Å². The molecule has 112 valence electrons. The van der Waals surface area contributed by atoms with Gasteiger partial charge < -0.3 is 19.7 Å². The minimum absolute atomic E-state index is 0.0124. The van der Waals surface area contributed by atoms with Crippen molar-refractivity contribution in [2.75, 3.05) is 33.2 Å². The molecule has 0 saturated carbocycles. The molecule has 8 heteroatoms. The second-order valence-corrected chi connectivity index (χ2v) is 5.80. The molecule has 7 nitrogen and oxygen atoms in total. The third-order valence-corrected chi connectivity index (χ3v) is 4.83. The van der Waals surface area contributed by atoms with Gasteiger partial charge in [-0.2, -0.15) is 0 Å². The van der Waals surface area contributed by atoms with Gasteiger partial charge >= 0.3 is 6.09 Å². The fourth-order valence-corrected chi connectivity index (χ4v) is 3.31. The van der Waals surface area contributed by atoms with Gasteiger partial charge in [0.15, 0.2) is 4.80 Å². The Morgan fingerprint density at radius 1 is 1.35 bits per heavy atom. The van der Waals surface area contributed by atoms with E-state index in [-0.39, 0.29) is 6.61 Å². The molecular weight excluding hydrogens is 280 g/mol. The Labute approximate surface area is 121 Å². The van der Waals surface area contributed by atoms with Crippen molar-refractivity contribution in [3.05, 3.63) is 15.4 Å². The van der Waals surface area contributed by atoms with E-state index >= 15 is 0 Å². The van der Waals surface area contributed by atoms with E-state index in [1.807, 2.05) is 11.6 Å². The van der Waals surface area contributed by atoms with E-state index < -0.39 is 6.09 Å². The summed E-state index contributed by atoms with van der Waals surface area (Å²) in [6.45, 7) is 3.22. The standard InChI is InChI=1S/C12H20N4O3S/c1-13-11-14(2)9(10(8-17)20-11)7-15-3-5-16(6-4-15)12(18)19/h17H,3-8H2,1-2H3,(H,18,19)/b13-11-. The van der Waals surface area contributed by atoms with E-state index in [2.05, 4.69) is 9.89 Å². The molecule has 1 aliphatic heterocycles. The van der Waals surface area contributed by atoms with Crippen molar-refractivity contribution < 1.29 is 15.0 Å². The fourth-order valence-electron chi connectivity index (χ4n) is 2.36. The summed E-state index contributed by atoms with van der Waals surface area (Å²) in [6, 6.07) is 0. The maximum absolute atomic E-state index is 10.9. The molecule has 2 rings (SSSR count). The number of thiazole rings is 1. The third kappa shape index (κ3) is 3.02. The minimum Gasteiger partial charge on any atom is -0.465 e. The molecule has 1 saturated heterocycles. The van der Waals surface area contributed by atoms with E-state index in [9.17, 15) is 9.90 Å². The molecule has 1 aliphatic rings. The maximum Gasteiger partial charge on any atom is 0.407 e. The second kappa shape index (κ2) is 6.38. The van der Waals surface area contributed by atoms with Crippen LogP contribution in [0.1, 0.15) is 10.6 Å². The highest BCUT2D eigenvalue weighted by Gasteiger charge is 2.22. The predicted molar refractivity (Wildman–Crippen MR) is 75.6 cm³/mol. The first-order valence-electron chi connectivity index (χ1n) is 6.48. The molecule has 0 spiro atoms. The Morgan fingerprint density at radius 2 is 2.00 bits per heavy atom. The summed E-state index contributed by atoms with van der Waals surface area (Å²) in [7, 11) is 3.68. The van der Waals surface area contributed by atoms with Crippen molar-refractivity contribution in [2.45, 2.75) is 13.2 Å². The van der Waals surface area contributed by atoms with Gasteiger partial charge in [0.25, 0.3) is 0 Å². The van der Waals surface area contributed by atoms with Gasteiger partial charge in [-0.3, -0.25) is 9.89 Å². The topological polar surface area (TPSA) is 81.3 Å². The molecular formula is C12H20N4O3S. The van der Waals surface area contributed by atoms with E-state index in [4.69, 9.17) is 5.11 Å². The van der Waals surface area contributed by atoms with Gasteiger partial charge in [-0.25, -0.2) is 4.79 Å². The number of nitrogens with zero attached hydrogens (tertiary/aromatic N) is 4. The van der Waals surface area contributed by atoms with Crippen LogP contribution in [-0.2, 0) is 20.2 Å². The van der Waals surface area contributed by atoms with Crippen molar-refractivity contribution in [1.29, 1.82) is 0 Å². The first kappa shape index (κ1) is 15.0. The number of carbonyl (C=O) groups is 1. The quantitative estimate of drug-likeness (QED) is 0.817. The zero-order valence-corrected chi connectivity index (χ0v) is 12.6. The summed E-state index contributed by atoms with van der Waals surface area (Å²) in [5.41, 5.74) is 1.06. The minimum atomic E-state index is -0.853. The van der Waals surface area contributed by atoms with Gasteiger partial charge in [-0.1, -0.05) is 11.3 Å². The molecule has 0 atom stereocenters. The number of hydrogen-bond donors (Lipinski definition) is 2. The summed E-state index contributed by atoms with van der Waals surface area (Å²) in [6.07, 6.45) is -0.853. The van der Waals surface area contributed by atoms with Crippen LogP contribution in [-0.4, -0.2) is 63.9 Å². The van der Waals surface area contributed by atoms with Crippen molar-refractivity contribution in [2.24, 2.45) is 12.0 Å². The van der Waals surface area contributed by atoms with Crippen LogP contribution in [0.4, 0.5) is 4.79 Å². The van der Waals surface area contributed by atoms with Crippen molar-refractivity contribution >= 4 is 17.4 Å². The second-order valence-electron chi connectivity index (χ2n) is 4.74. The van der Waals surface area contributed by atoms with Crippen LogP contribution < -0.4 is 4.80 Å². The highest BCUT2D eigenvalue weighted by molar-refractivity contribution is 7.09. The highest BCUT2D eigenvalue weighted by atomic mass is 32.1. The number of amides is 1. The number of carboxylic acid groups (broad SMARTS) is 1. The van der Waals surface area contributed by atoms with Gasteiger partial charge in [-0.15, -0.1) is 0 Å². The number of aliphatic hydroxyl groups is 1. The van der Waals surface area contributed by atoms with E-state index in [0.29, 0.717) is 32.7 Å². The predicted octanol–water partition coefficient (Wildman–Crippen LogP) is -0.0950. The molecule has 20 heavy (non-hydrogen) atoms. The molecule has 0 aromatic carbocycles. The average molecular weight is 300 g/mol. The van der Waals surface area contributed by atoms with Crippen molar-refractivity contribution in [3.63, 3.8) is 0 Å². The summed E-state index contributed by atoms with van der Waals surface area (Å²) in [4.78, 5) is 20.5. The molecule has 0 aliphatic carbocycles. The lowest BCUT2D eigenvalue weighted by Crippen LogP contribution is -2.48. The first-order chi connectivity index (χ1) is 9.56. The van der Waals surface area contributed by atoms with Gasteiger partial charge in [-0.05, 0) is 0 Å². The Hall–Kier alpha value is -1.38. The Bertz CT molecular complexity index is 543. The SMILES string of the molecule is C/N=c1\sc(CO)c(CN2CCN(C(=O)O)CC2)n1C. The Balaban J connectivity index is 2.08. The molecule has 1 amide bonds. The lowest BCUT2D eigenvalue weighted by atomic mass is 10.2.